The number of methoxy groups -OCH3 is 2. The van der Waals surface area contributed by atoms with Gasteiger partial charge >= 0.3 is 0 Å². The predicted octanol–water partition coefficient (Wildman–Crippen LogP) is 5.46. The highest BCUT2D eigenvalue weighted by atomic mass is 79.9. The van der Waals surface area contributed by atoms with E-state index >= 15 is 0 Å². The van der Waals surface area contributed by atoms with Gasteiger partial charge in [-0.25, -0.2) is 0 Å². The van der Waals surface area contributed by atoms with Crippen LogP contribution in [0.4, 0.5) is 0 Å². The third kappa shape index (κ3) is 3.26. The maximum atomic E-state index is 9.34. The lowest BCUT2D eigenvalue weighted by Gasteiger charge is -2.21. The standard InChI is InChI=1S/C16H12Br4N2O2/c1-23-8-3-4-9(24-2)12-11(8)15(19)13(17)10(7(5-21)6-22)14(18)16(12)20/h3-4,13-16H,1-2H3. The molecule has 0 aliphatic heterocycles. The number of nitrogens with zero attached hydrogens (tertiary/aromatic N) is 2. The Kier molecular flexibility index (Phi) is 6.78. The van der Waals surface area contributed by atoms with Crippen molar-refractivity contribution in [3.63, 3.8) is 0 Å². The first-order chi connectivity index (χ1) is 11.4. The molecule has 0 aromatic heterocycles. The maximum absolute atomic E-state index is 9.34. The van der Waals surface area contributed by atoms with Crippen LogP contribution in [0.3, 0.4) is 0 Å². The summed E-state index contributed by atoms with van der Waals surface area (Å²) < 4.78 is 11.1. The molecule has 0 heterocycles. The van der Waals surface area contributed by atoms with Gasteiger partial charge in [0.2, 0.25) is 0 Å². The van der Waals surface area contributed by atoms with Gasteiger partial charge in [0.1, 0.15) is 29.2 Å². The average molecular weight is 584 g/mol. The van der Waals surface area contributed by atoms with Crippen LogP contribution < -0.4 is 9.47 Å². The average Bonchev–Trinajstić information content (AvgIpc) is 2.67. The Bertz CT molecular complexity index is 706. The largest absolute Gasteiger partial charge is 0.496 e. The van der Waals surface area contributed by atoms with Crippen molar-refractivity contribution in [1.82, 2.24) is 0 Å². The van der Waals surface area contributed by atoms with E-state index in [9.17, 15) is 10.5 Å². The lowest BCUT2D eigenvalue weighted by Crippen LogP contribution is -2.18. The number of fused-ring (bicyclic) bond motifs is 1. The molecule has 1 aliphatic carbocycles. The van der Waals surface area contributed by atoms with Gasteiger partial charge in [0.15, 0.2) is 0 Å². The zero-order valence-corrected chi connectivity index (χ0v) is 19.0. The molecular formula is C16H12Br4N2O2. The van der Waals surface area contributed by atoms with Gasteiger partial charge in [-0.2, -0.15) is 10.5 Å². The van der Waals surface area contributed by atoms with Gasteiger partial charge in [-0.05, 0) is 17.7 Å². The lowest BCUT2D eigenvalue weighted by molar-refractivity contribution is 0.395. The molecule has 0 fully saturated rings. The molecule has 0 saturated carbocycles. The fraction of sp³-hybridized carbons (Fsp3) is 0.375. The minimum Gasteiger partial charge on any atom is -0.496 e. The lowest BCUT2D eigenvalue weighted by atomic mass is 10.0. The Balaban J connectivity index is 2.84. The van der Waals surface area contributed by atoms with Gasteiger partial charge in [0.05, 0.1) is 33.5 Å². The molecule has 4 unspecified atom stereocenters. The molecule has 1 aromatic rings. The molecule has 4 atom stereocenters. The van der Waals surface area contributed by atoms with Crippen LogP contribution in [0.25, 0.3) is 0 Å². The fourth-order valence-corrected chi connectivity index (χ4v) is 6.14. The quantitative estimate of drug-likeness (QED) is 0.264. The molecule has 0 bridgehead atoms. The number of allylic oxidation sites excluding steroid dienone is 2. The third-order valence-corrected chi connectivity index (χ3v) is 9.25. The Morgan fingerprint density at radius 2 is 1.21 bits per heavy atom. The smallest absolute Gasteiger partial charge is 0.131 e. The third-order valence-electron chi connectivity index (χ3n) is 3.82. The number of hydrogen-bond acceptors (Lipinski definition) is 4. The van der Waals surface area contributed by atoms with Crippen molar-refractivity contribution in [3.05, 3.63) is 34.4 Å². The Labute approximate surface area is 174 Å². The van der Waals surface area contributed by atoms with Crippen LogP contribution >= 0.6 is 63.7 Å². The number of rotatable bonds is 2. The van der Waals surface area contributed by atoms with Crippen LogP contribution in [0.5, 0.6) is 11.5 Å². The Morgan fingerprint density at radius 3 is 1.50 bits per heavy atom. The molecule has 0 spiro atoms. The number of benzene rings is 1. The van der Waals surface area contributed by atoms with Crippen LogP contribution in [-0.2, 0) is 0 Å². The molecule has 1 aliphatic rings. The molecule has 0 saturated heterocycles. The molecule has 8 heteroatoms. The zero-order valence-electron chi connectivity index (χ0n) is 12.7. The molecule has 0 N–H and O–H groups in total. The van der Waals surface area contributed by atoms with Gasteiger partial charge in [0.25, 0.3) is 0 Å². The Hall–Kier alpha value is -0.540. The minimum atomic E-state index is -0.279. The highest BCUT2D eigenvalue weighted by Crippen LogP contribution is 2.55. The monoisotopic (exact) mass is 580 g/mol. The van der Waals surface area contributed by atoms with Crippen molar-refractivity contribution < 1.29 is 9.47 Å². The summed E-state index contributed by atoms with van der Waals surface area (Å²) in [6.45, 7) is 0. The van der Waals surface area contributed by atoms with Crippen LogP contribution in [0.15, 0.2) is 23.3 Å². The van der Waals surface area contributed by atoms with Crippen LogP contribution in [0.2, 0.25) is 0 Å². The second-order valence-electron chi connectivity index (χ2n) is 4.96. The molecule has 0 radical (unpaired) electrons. The van der Waals surface area contributed by atoms with E-state index in [-0.39, 0.29) is 24.9 Å². The van der Waals surface area contributed by atoms with Crippen molar-refractivity contribution in [1.29, 1.82) is 10.5 Å². The molecule has 0 amide bonds. The van der Waals surface area contributed by atoms with Gasteiger partial charge < -0.3 is 9.47 Å². The summed E-state index contributed by atoms with van der Waals surface area (Å²) in [6, 6.07) is 7.67. The number of hydrogen-bond donors (Lipinski definition) is 0. The topological polar surface area (TPSA) is 66.0 Å². The SMILES string of the molecule is COc1ccc(OC)c2c1C(Br)C(Br)C(=C(C#N)C#N)C(Br)C2Br. The summed E-state index contributed by atoms with van der Waals surface area (Å²) in [5.41, 5.74) is 2.58. The second-order valence-corrected chi connectivity index (χ2v) is 8.90. The van der Waals surface area contributed by atoms with Gasteiger partial charge in [0, 0.05) is 11.1 Å². The summed E-state index contributed by atoms with van der Waals surface area (Å²) in [6.07, 6.45) is 0. The van der Waals surface area contributed by atoms with E-state index in [2.05, 4.69) is 63.7 Å². The van der Waals surface area contributed by atoms with E-state index in [4.69, 9.17) is 9.47 Å². The van der Waals surface area contributed by atoms with Crippen molar-refractivity contribution in [2.45, 2.75) is 19.3 Å². The summed E-state index contributed by atoms with van der Waals surface area (Å²) >= 11 is 14.7. The number of ether oxygens (including phenoxy) is 2. The summed E-state index contributed by atoms with van der Waals surface area (Å²) in [5, 5.41) is 18.7. The molecular weight excluding hydrogens is 572 g/mol. The van der Waals surface area contributed by atoms with Gasteiger partial charge in [-0.3, -0.25) is 0 Å². The molecule has 1 aromatic carbocycles. The first-order valence-corrected chi connectivity index (χ1v) is 10.4. The number of nitriles is 2. The second kappa shape index (κ2) is 8.23. The van der Waals surface area contributed by atoms with E-state index in [0.29, 0.717) is 17.1 Å². The Morgan fingerprint density at radius 1 is 0.833 bits per heavy atom. The van der Waals surface area contributed by atoms with E-state index in [1.807, 2.05) is 24.3 Å². The molecule has 126 valence electrons. The highest BCUT2D eigenvalue weighted by molar-refractivity contribution is 9.13. The molecule has 24 heavy (non-hydrogen) atoms. The van der Waals surface area contributed by atoms with Crippen LogP contribution in [0, 0.1) is 22.7 Å². The van der Waals surface area contributed by atoms with Crippen molar-refractivity contribution >= 4 is 63.7 Å². The summed E-state index contributed by atoms with van der Waals surface area (Å²) in [4.78, 5) is -0.990. The van der Waals surface area contributed by atoms with Crippen molar-refractivity contribution in [2.24, 2.45) is 0 Å². The molecule has 4 nitrogen and oxygen atoms in total. The van der Waals surface area contributed by atoms with Crippen LogP contribution in [-0.4, -0.2) is 23.9 Å². The normalized spacial score (nSPS) is 25.8. The van der Waals surface area contributed by atoms with Crippen LogP contribution in [0.1, 0.15) is 20.8 Å². The first-order valence-electron chi connectivity index (χ1n) is 6.78. The van der Waals surface area contributed by atoms with Crippen molar-refractivity contribution in [3.8, 4) is 23.6 Å². The predicted molar refractivity (Wildman–Crippen MR) is 107 cm³/mol. The minimum absolute atomic E-state index is 0.0818. The number of alkyl halides is 4. The summed E-state index contributed by atoms with van der Waals surface area (Å²) in [7, 11) is 3.22. The zero-order chi connectivity index (χ0) is 18.0. The van der Waals surface area contributed by atoms with E-state index < -0.39 is 0 Å². The van der Waals surface area contributed by atoms with Crippen molar-refractivity contribution in [2.75, 3.05) is 14.2 Å². The first kappa shape index (κ1) is 19.8. The van der Waals surface area contributed by atoms with E-state index in [1.54, 1.807) is 14.2 Å². The molecule has 2 rings (SSSR count). The fourth-order valence-electron chi connectivity index (χ4n) is 2.71. The summed E-state index contributed by atoms with van der Waals surface area (Å²) in [5.74, 6) is 1.41. The maximum Gasteiger partial charge on any atom is 0.131 e. The van der Waals surface area contributed by atoms with Gasteiger partial charge in [-0.1, -0.05) is 63.7 Å². The van der Waals surface area contributed by atoms with E-state index in [0.717, 1.165) is 11.1 Å². The van der Waals surface area contributed by atoms with E-state index in [1.165, 1.54) is 0 Å². The number of halogens is 4. The van der Waals surface area contributed by atoms with Gasteiger partial charge in [-0.15, -0.1) is 0 Å². The highest BCUT2D eigenvalue weighted by Gasteiger charge is 2.41.